The molecule has 0 aromatic carbocycles. The van der Waals surface area contributed by atoms with Gasteiger partial charge in [-0.3, -0.25) is 4.79 Å². The van der Waals surface area contributed by atoms with Gasteiger partial charge in [-0.1, -0.05) is 0 Å². The van der Waals surface area contributed by atoms with Crippen molar-refractivity contribution in [3.8, 4) is 6.07 Å². The normalized spacial score (nSPS) is 10.9. The van der Waals surface area contributed by atoms with Crippen LogP contribution in [0.1, 0.15) is 19.3 Å². The van der Waals surface area contributed by atoms with E-state index < -0.39 is 12.6 Å². The van der Waals surface area contributed by atoms with E-state index >= 15 is 0 Å². The molecule has 1 amide bonds. The summed E-state index contributed by atoms with van der Waals surface area (Å²) < 4.78 is 35.1. The summed E-state index contributed by atoms with van der Waals surface area (Å²) in [7, 11) is 0. The fourth-order valence-electron chi connectivity index (χ4n) is 0.936. The summed E-state index contributed by atoms with van der Waals surface area (Å²) in [5.74, 6) is -0.317. The molecular weight excluding hydrogens is 223 g/mol. The van der Waals surface area contributed by atoms with E-state index in [1.165, 1.54) is 0 Å². The average molecular weight is 237 g/mol. The van der Waals surface area contributed by atoms with E-state index in [-0.39, 0.29) is 38.4 Å². The zero-order valence-corrected chi connectivity index (χ0v) is 8.73. The van der Waals surface area contributed by atoms with Crippen molar-refractivity contribution >= 4 is 5.91 Å². The number of rotatable bonds is 7. The number of amides is 1. The van der Waals surface area contributed by atoms with Crippen molar-refractivity contribution in [1.29, 1.82) is 5.26 Å². The Morgan fingerprint density at radius 3 is 2.56 bits per heavy atom. The van der Waals surface area contributed by atoms with Crippen LogP contribution in [0.15, 0.2) is 0 Å². The van der Waals surface area contributed by atoms with Gasteiger partial charge in [0.2, 0.25) is 5.91 Å². The van der Waals surface area contributed by atoms with Crippen molar-refractivity contribution in [2.75, 3.05) is 19.6 Å². The summed E-state index contributed by atoms with van der Waals surface area (Å²) in [6.45, 7) is 0.383. The minimum absolute atomic E-state index is 0.0245. The number of halogens is 3. The first-order chi connectivity index (χ1) is 7.45. The van der Waals surface area contributed by atoms with Crippen LogP contribution in [0.3, 0.4) is 0 Å². The Labute approximate surface area is 91.8 Å². The third-order valence-corrected chi connectivity index (χ3v) is 1.66. The van der Waals surface area contributed by atoms with Crippen LogP contribution in [0.5, 0.6) is 0 Å². The monoisotopic (exact) mass is 237 g/mol. The van der Waals surface area contributed by atoms with Crippen molar-refractivity contribution in [2.24, 2.45) is 0 Å². The molecule has 0 rings (SSSR count). The average Bonchev–Trinajstić information content (AvgIpc) is 2.16. The van der Waals surface area contributed by atoms with Crippen LogP contribution in [-0.2, 0) is 4.79 Å². The van der Waals surface area contributed by atoms with Gasteiger partial charge in [0.25, 0.3) is 0 Å². The van der Waals surface area contributed by atoms with E-state index in [0.717, 1.165) is 0 Å². The molecule has 0 saturated heterocycles. The second kappa shape index (κ2) is 7.93. The first-order valence-corrected chi connectivity index (χ1v) is 4.87. The zero-order chi connectivity index (χ0) is 12.4. The van der Waals surface area contributed by atoms with E-state index in [4.69, 9.17) is 5.26 Å². The third kappa shape index (κ3) is 10.8. The maximum absolute atomic E-state index is 11.7. The van der Waals surface area contributed by atoms with E-state index in [9.17, 15) is 18.0 Å². The lowest BCUT2D eigenvalue weighted by Gasteiger charge is -2.07. The molecule has 92 valence electrons. The maximum atomic E-state index is 11.7. The number of nitrogens with zero attached hydrogens (tertiary/aromatic N) is 1. The summed E-state index contributed by atoms with van der Waals surface area (Å²) in [5, 5.41) is 13.2. The number of carbonyl (C=O) groups is 1. The van der Waals surface area contributed by atoms with Crippen LogP contribution in [0.2, 0.25) is 0 Å². The van der Waals surface area contributed by atoms with Crippen LogP contribution in [-0.4, -0.2) is 31.7 Å². The summed E-state index contributed by atoms with van der Waals surface area (Å²) in [5.41, 5.74) is 0. The standard InChI is InChI=1S/C9H14F3N3O/c10-9(11,12)3-1-5-14-7-8(16)15-6-2-4-13/h14H,1-3,5-7H2,(H,15,16). The summed E-state index contributed by atoms with van der Waals surface area (Å²) in [6, 6.07) is 1.86. The van der Waals surface area contributed by atoms with Crippen LogP contribution in [0.25, 0.3) is 0 Å². The molecule has 0 saturated carbocycles. The molecule has 0 atom stereocenters. The second-order valence-corrected chi connectivity index (χ2v) is 3.15. The first-order valence-electron chi connectivity index (χ1n) is 4.87. The van der Waals surface area contributed by atoms with Crippen molar-refractivity contribution in [1.82, 2.24) is 10.6 Å². The van der Waals surface area contributed by atoms with E-state index in [1.807, 2.05) is 6.07 Å². The quantitative estimate of drug-likeness (QED) is 0.648. The van der Waals surface area contributed by atoms with Crippen LogP contribution >= 0.6 is 0 Å². The Balaban J connectivity index is 3.32. The fraction of sp³-hybridized carbons (Fsp3) is 0.778. The topological polar surface area (TPSA) is 64.9 Å². The molecule has 2 N–H and O–H groups in total. The Bertz CT molecular complexity index is 247. The molecule has 0 aliphatic carbocycles. The molecule has 0 aromatic heterocycles. The van der Waals surface area contributed by atoms with Crippen molar-refractivity contribution in [3.63, 3.8) is 0 Å². The second-order valence-electron chi connectivity index (χ2n) is 3.15. The van der Waals surface area contributed by atoms with Crippen molar-refractivity contribution in [2.45, 2.75) is 25.4 Å². The van der Waals surface area contributed by atoms with Gasteiger partial charge >= 0.3 is 6.18 Å². The molecule has 0 spiro atoms. The predicted octanol–water partition coefficient (Wildman–Crippen LogP) is 0.948. The molecule has 7 heteroatoms. The highest BCUT2D eigenvalue weighted by atomic mass is 19.4. The smallest absolute Gasteiger partial charge is 0.354 e. The fourth-order valence-corrected chi connectivity index (χ4v) is 0.936. The first kappa shape index (κ1) is 14.7. The summed E-state index contributed by atoms with van der Waals surface area (Å²) in [4.78, 5) is 11.0. The molecule has 0 fully saturated rings. The van der Waals surface area contributed by atoms with Crippen LogP contribution in [0, 0.1) is 11.3 Å². The number of hydrogen-bond acceptors (Lipinski definition) is 3. The maximum Gasteiger partial charge on any atom is 0.389 e. The SMILES string of the molecule is N#CCCNC(=O)CNCCCC(F)(F)F. The molecule has 4 nitrogen and oxygen atoms in total. The Kier molecular flexibility index (Phi) is 7.29. The predicted molar refractivity (Wildman–Crippen MR) is 51.4 cm³/mol. The zero-order valence-electron chi connectivity index (χ0n) is 8.73. The third-order valence-electron chi connectivity index (χ3n) is 1.66. The van der Waals surface area contributed by atoms with Gasteiger partial charge in [-0.25, -0.2) is 0 Å². The van der Waals surface area contributed by atoms with Crippen molar-refractivity contribution in [3.05, 3.63) is 0 Å². The number of nitriles is 1. The Morgan fingerprint density at radius 2 is 2.00 bits per heavy atom. The molecule has 0 aromatic rings. The molecule has 0 bridgehead atoms. The lowest BCUT2D eigenvalue weighted by atomic mass is 10.3. The van der Waals surface area contributed by atoms with E-state index in [2.05, 4.69) is 10.6 Å². The number of alkyl halides is 3. The van der Waals surface area contributed by atoms with Crippen LogP contribution in [0.4, 0.5) is 13.2 Å². The highest BCUT2D eigenvalue weighted by Gasteiger charge is 2.25. The van der Waals surface area contributed by atoms with Gasteiger partial charge in [-0.05, 0) is 13.0 Å². The largest absolute Gasteiger partial charge is 0.389 e. The van der Waals surface area contributed by atoms with Crippen LogP contribution < -0.4 is 10.6 Å². The minimum atomic E-state index is -4.14. The highest BCUT2D eigenvalue weighted by molar-refractivity contribution is 5.77. The summed E-state index contributed by atoms with van der Waals surface area (Å²) >= 11 is 0. The molecule has 16 heavy (non-hydrogen) atoms. The molecule has 0 aliphatic rings. The Morgan fingerprint density at radius 1 is 1.31 bits per heavy atom. The number of nitrogens with one attached hydrogen (secondary N) is 2. The number of carbonyl (C=O) groups excluding carboxylic acids is 1. The summed E-state index contributed by atoms with van der Waals surface area (Å²) in [6.07, 6.45) is -4.82. The lowest BCUT2D eigenvalue weighted by molar-refractivity contribution is -0.135. The molecule has 0 heterocycles. The van der Waals surface area contributed by atoms with Gasteiger partial charge in [-0.15, -0.1) is 0 Å². The van der Waals surface area contributed by atoms with E-state index in [1.54, 1.807) is 0 Å². The minimum Gasteiger partial charge on any atom is -0.354 e. The van der Waals surface area contributed by atoms with Gasteiger partial charge in [0.1, 0.15) is 0 Å². The molecule has 0 unspecified atom stereocenters. The van der Waals surface area contributed by atoms with Gasteiger partial charge in [0.15, 0.2) is 0 Å². The molecule has 0 radical (unpaired) electrons. The van der Waals surface area contributed by atoms with E-state index in [0.29, 0.717) is 0 Å². The van der Waals surface area contributed by atoms with Crippen molar-refractivity contribution < 1.29 is 18.0 Å². The van der Waals surface area contributed by atoms with Gasteiger partial charge in [-0.2, -0.15) is 18.4 Å². The number of hydrogen-bond donors (Lipinski definition) is 2. The van der Waals surface area contributed by atoms with Gasteiger partial charge in [0.05, 0.1) is 19.0 Å². The highest BCUT2D eigenvalue weighted by Crippen LogP contribution is 2.20. The molecular formula is C9H14F3N3O. The Hall–Kier alpha value is -1.29. The van der Waals surface area contributed by atoms with Gasteiger partial charge in [0, 0.05) is 13.0 Å². The van der Waals surface area contributed by atoms with Gasteiger partial charge < -0.3 is 10.6 Å². The lowest BCUT2D eigenvalue weighted by Crippen LogP contribution is -2.34. The molecule has 0 aliphatic heterocycles.